The summed E-state index contributed by atoms with van der Waals surface area (Å²) in [6.45, 7) is 7.11. The lowest BCUT2D eigenvalue weighted by Crippen LogP contribution is -2.10. The van der Waals surface area contributed by atoms with E-state index >= 15 is 0 Å². The molecule has 0 aromatic heterocycles. The maximum absolute atomic E-state index is 10.4. The van der Waals surface area contributed by atoms with E-state index in [-0.39, 0.29) is 6.29 Å². The third-order valence-electron chi connectivity index (χ3n) is 1.55. The molecule has 0 aliphatic rings. The first-order chi connectivity index (χ1) is 6.57. The molecule has 0 heterocycles. The molecule has 4 nitrogen and oxygen atoms in total. The molecule has 0 spiro atoms. The standard InChI is InChI=1S/C10H16O4/c1-4-13-9(3)14-7-5-6-8(2)10(11)12/h4,6,9H,1,5,7H2,2-3H3,(H,11,12). The van der Waals surface area contributed by atoms with Gasteiger partial charge in [0.2, 0.25) is 0 Å². The van der Waals surface area contributed by atoms with Crippen molar-refractivity contribution in [2.75, 3.05) is 6.61 Å². The van der Waals surface area contributed by atoms with Crippen molar-refractivity contribution in [2.24, 2.45) is 0 Å². The number of carboxylic acid groups (broad SMARTS) is 1. The van der Waals surface area contributed by atoms with Crippen molar-refractivity contribution in [3.05, 3.63) is 24.5 Å². The zero-order valence-corrected chi connectivity index (χ0v) is 8.53. The molecule has 0 saturated carbocycles. The Kier molecular flexibility index (Phi) is 6.49. The predicted octanol–water partition coefficient (Wildman–Crippen LogP) is 1.93. The van der Waals surface area contributed by atoms with Crippen LogP contribution in [0.3, 0.4) is 0 Å². The summed E-state index contributed by atoms with van der Waals surface area (Å²) in [5.74, 6) is -0.902. The van der Waals surface area contributed by atoms with E-state index in [9.17, 15) is 4.79 Å². The van der Waals surface area contributed by atoms with Crippen molar-refractivity contribution in [3.63, 3.8) is 0 Å². The van der Waals surface area contributed by atoms with Crippen LogP contribution in [-0.4, -0.2) is 24.0 Å². The number of aliphatic carboxylic acids is 1. The van der Waals surface area contributed by atoms with E-state index in [0.717, 1.165) is 0 Å². The van der Waals surface area contributed by atoms with Crippen LogP contribution in [0.25, 0.3) is 0 Å². The summed E-state index contributed by atoms with van der Waals surface area (Å²) in [6.07, 6.45) is 3.14. The van der Waals surface area contributed by atoms with Crippen molar-refractivity contribution < 1.29 is 19.4 Å². The van der Waals surface area contributed by atoms with Gasteiger partial charge in [-0.1, -0.05) is 12.7 Å². The van der Waals surface area contributed by atoms with Gasteiger partial charge in [-0.2, -0.15) is 0 Å². The SMILES string of the molecule is C=COC(C)OCCC=C(C)C(=O)O. The third-order valence-corrected chi connectivity index (χ3v) is 1.55. The van der Waals surface area contributed by atoms with Crippen LogP contribution in [0.2, 0.25) is 0 Å². The summed E-state index contributed by atoms with van der Waals surface area (Å²) in [5, 5.41) is 8.53. The van der Waals surface area contributed by atoms with Crippen LogP contribution < -0.4 is 0 Å². The van der Waals surface area contributed by atoms with E-state index in [2.05, 4.69) is 6.58 Å². The molecule has 0 aliphatic carbocycles. The number of rotatable bonds is 7. The number of carboxylic acids is 1. The van der Waals surface area contributed by atoms with Gasteiger partial charge >= 0.3 is 5.97 Å². The quantitative estimate of drug-likeness (QED) is 0.295. The van der Waals surface area contributed by atoms with E-state index in [4.69, 9.17) is 14.6 Å². The van der Waals surface area contributed by atoms with Crippen LogP contribution in [0.4, 0.5) is 0 Å². The Bertz CT molecular complexity index is 220. The van der Waals surface area contributed by atoms with Crippen molar-refractivity contribution >= 4 is 5.97 Å². The van der Waals surface area contributed by atoms with Crippen LogP contribution in [0.5, 0.6) is 0 Å². The van der Waals surface area contributed by atoms with Gasteiger partial charge in [-0.05, 0) is 20.3 Å². The second-order valence-electron chi connectivity index (χ2n) is 2.72. The van der Waals surface area contributed by atoms with Gasteiger partial charge in [0.15, 0.2) is 6.29 Å². The van der Waals surface area contributed by atoms with E-state index in [1.54, 1.807) is 19.9 Å². The lowest BCUT2D eigenvalue weighted by Gasteiger charge is -2.10. The summed E-state index contributed by atoms with van der Waals surface area (Å²) < 4.78 is 10.1. The van der Waals surface area contributed by atoms with Gasteiger partial charge in [0.1, 0.15) is 0 Å². The maximum atomic E-state index is 10.4. The molecule has 0 rings (SSSR count). The van der Waals surface area contributed by atoms with Crippen LogP contribution in [0.15, 0.2) is 24.5 Å². The number of carbonyl (C=O) groups is 1. The summed E-state index contributed by atoms with van der Waals surface area (Å²) in [5.41, 5.74) is 0.325. The molecule has 14 heavy (non-hydrogen) atoms. The molecule has 1 atom stereocenters. The molecule has 0 aromatic rings. The largest absolute Gasteiger partial charge is 0.478 e. The molecule has 0 aliphatic heterocycles. The van der Waals surface area contributed by atoms with Crippen LogP contribution in [0, 0.1) is 0 Å². The molecule has 1 unspecified atom stereocenters. The first kappa shape index (κ1) is 12.7. The zero-order chi connectivity index (χ0) is 11.0. The van der Waals surface area contributed by atoms with Crippen molar-refractivity contribution in [1.29, 1.82) is 0 Å². The van der Waals surface area contributed by atoms with Crippen molar-refractivity contribution in [3.8, 4) is 0 Å². The zero-order valence-electron chi connectivity index (χ0n) is 8.53. The molecule has 0 saturated heterocycles. The minimum Gasteiger partial charge on any atom is -0.478 e. The maximum Gasteiger partial charge on any atom is 0.330 e. The molecular weight excluding hydrogens is 184 g/mol. The molecule has 1 N–H and O–H groups in total. The van der Waals surface area contributed by atoms with E-state index in [0.29, 0.717) is 18.6 Å². The fourth-order valence-corrected chi connectivity index (χ4v) is 0.772. The molecule has 0 bridgehead atoms. The highest BCUT2D eigenvalue weighted by Crippen LogP contribution is 1.99. The first-order valence-electron chi connectivity index (χ1n) is 4.36. The molecule has 0 amide bonds. The Morgan fingerprint density at radius 1 is 1.64 bits per heavy atom. The van der Waals surface area contributed by atoms with Gasteiger partial charge in [0, 0.05) is 5.57 Å². The van der Waals surface area contributed by atoms with E-state index < -0.39 is 5.97 Å². The predicted molar refractivity (Wildman–Crippen MR) is 52.7 cm³/mol. The third kappa shape index (κ3) is 6.25. The van der Waals surface area contributed by atoms with E-state index in [1.165, 1.54) is 6.26 Å². The lowest BCUT2D eigenvalue weighted by molar-refractivity contribution is -0.132. The van der Waals surface area contributed by atoms with Gasteiger partial charge in [0.05, 0.1) is 12.9 Å². The van der Waals surface area contributed by atoms with Crippen LogP contribution in [-0.2, 0) is 14.3 Å². The Balaban J connectivity index is 3.60. The van der Waals surface area contributed by atoms with E-state index in [1.807, 2.05) is 0 Å². The van der Waals surface area contributed by atoms with Gasteiger partial charge in [-0.25, -0.2) is 4.79 Å². The highest BCUT2D eigenvalue weighted by Gasteiger charge is 2.00. The highest BCUT2D eigenvalue weighted by molar-refractivity contribution is 5.85. The smallest absolute Gasteiger partial charge is 0.330 e. The fraction of sp³-hybridized carbons (Fsp3) is 0.500. The summed E-state index contributed by atoms with van der Waals surface area (Å²) >= 11 is 0. The normalized spacial score (nSPS) is 13.4. The van der Waals surface area contributed by atoms with Gasteiger partial charge < -0.3 is 14.6 Å². The van der Waals surface area contributed by atoms with Gasteiger partial charge in [0.25, 0.3) is 0 Å². The Labute approximate surface area is 83.8 Å². The van der Waals surface area contributed by atoms with Crippen molar-refractivity contribution in [2.45, 2.75) is 26.6 Å². The topological polar surface area (TPSA) is 55.8 Å². The average molecular weight is 200 g/mol. The highest BCUT2D eigenvalue weighted by atomic mass is 16.7. The lowest BCUT2D eigenvalue weighted by atomic mass is 10.2. The molecule has 80 valence electrons. The van der Waals surface area contributed by atoms with Gasteiger partial charge in [-0.15, -0.1) is 0 Å². The number of hydrogen-bond donors (Lipinski definition) is 1. The van der Waals surface area contributed by atoms with Gasteiger partial charge in [-0.3, -0.25) is 0 Å². The first-order valence-corrected chi connectivity index (χ1v) is 4.36. The summed E-state index contributed by atoms with van der Waals surface area (Å²) in [4.78, 5) is 10.4. The Hall–Kier alpha value is -1.29. The molecular formula is C10H16O4. The monoisotopic (exact) mass is 200 g/mol. The summed E-state index contributed by atoms with van der Waals surface area (Å²) in [6, 6.07) is 0. The number of hydrogen-bond acceptors (Lipinski definition) is 3. The molecule has 0 radical (unpaired) electrons. The molecule has 0 aromatic carbocycles. The Morgan fingerprint density at radius 2 is 2.29 bits per heavy atom. The minimum atomic E-state index is -0.902. The van der Waals surface area contributed by atoms with Crippen LogP contribution in [0.1, 0.15) is 20.3 Å². The fourth-order valence-electron chi connectivity index (χ4n) is 0.772. The number of ether oxygens (including phenoxy) is 2. The molecule has 0 fully saturated rings. The average Bonchev–Trinajstić information content (AvgIpc) is 2.12. The molecule has 4 heteroatoms. The minimum absolute atomic E-state index is 0.325. The Morgan fingerprint density at radius 3 is 2.79 bits per heavy atom. The second-order valence-corrected chi connectivity index (χ2v) is 2.72. The van der Waals surface area contributed by atoms with Crippen molar-refractivity contribution in [1.82, 2.24) is 0 Å². The summed E-state index contributed by atoms with van der Waals surface area (Å²) in [7, 11) is 0. The second kappa shape index (κ2) is 7.15. The van der Waals surface area contributed by atoms with Crippen LogP contribution >= 0.6 is 0 Å².